The largest absolute Gasteiger partial charge is 0.371 e. The number of rotatable bonds is 1. The minimum absolute atomic E-state index is 0. The average molecular weight is 288 g/mol. The van der Waals surface area contributed by atoms with Gasteiger partial charge in [-0.2, -0.15) is 0 Å². The maximum Gasteiger partial charge on any atom is 0.0784 e. The van der Waals surface area contributed by atoms with Crippen LogP contribution in [-0.2, 0) is 11.3 Å². The van der Waals surface area contributed by atoms with Crippen molar-refractivity contribution in [2.45, 2.75) is 18.6 Å². The first-order valence-electron chi connectivity index (χ1n) is 6.93. The molecular formula is C17H18ClNO. The highest BCUT2D eigenvalue weighted by Gasteiger charge is 2.35. The van der Waals surface area contributed by atoms with Gasteiger partial charge in [-0.25, -0.2) is 0 Å². The van der Waals surface area contributed by atoms with Gasteiger partial charge in [0.2, 0.25) is 0 Å². The van der Waals surface area contributed by atoms with Gasteiger partial charge in [0.05, 0.1) is 12.7 Å². The molecule has 0 amide bonds. The third-order valence-corrected chi connectivity index (χ3v) is 4.30. The molecule has 2 aromatic carbocycles. The average Bonchev–Trinajstić information content (AvgIpc) is 2.96. The second-order valence-electron chi connectivity index (χ2n) is 5.35. The molecule has 2 aromatic rings. The summed E-state index contributed by atoms with van der Waals surface area (Å²) >= 11 is 0. The lowest BCUT2D eigenvalue weighted by molar-refractivity contribution is 0.0303. The van der Waals surface area contributed by atoms with Gasteiger partial charge in [-0.05, 0) is 22.3 Å². The molecule has 2 aliphatic heterocycles. The highest BCUT2D eigenvalue weighted by molar-refractivity contribution is 5.85. The normalized spacial score (nSPS) is 23.6. The van der Waals surface area contributed by atoms with E-state index >= 15 is 0 Å². The fraction of sp³-hybridized carbons (Fsp3) is 0.294. The molecular weight excluding hydrogens is 270 g/mol. The highest BCUT2D eigenvalue weighted by Crippen LogP contribution is 2.38. The summed E-state index contributed by atoms with van der Waals surface area (Å²) in [5, 5.41) is 3.44. The van der Waals surface area contributed by atoms with Crippen molar-refractivity contribution < 1.29 is 4.74 Å². The van der Waals surface area contributed by atoms with Gasteiger partial charge in [0.1, 0.15) is 0 Å². The van der Waals surface area contributed by atoms with Crippen LogP contribution in [0.5, 0.6) is 0 Å². The zero-order chi connectivity index (χ0) is 12.7. The quantitative estimate of drug-likeness (QED) is 0.868. The van der Waals surface area contributed by atoms with Gasteiger partial charge < -0.3 is 10.1 Å². The van der Waals surface area contributed by atoms with E-state index in [1.165, 1.54) is 22.3 Å². The Morgan fingerprint density at radius 3 is 2.65 bits per heavy atom. The molecule has 0 spiro atoms. The van der Waals surface area contributed by atoms with Crippen LogP contribution in [0, 0.1) is 0 Å². The molecule has 3 heteroatoms. The number of nitrogens with one attached hydrogen (secondary N) is 1. The lowest BCUT2D eigenvalue weighted by Crippen LogP contribution is -2.27. The monoisotopic (exact) mass is 287 g/mol. The second-order valence-corrected chi connectivity index (χ2v) is 5.35. The molecule has 1 N–H and O–H groups in total. The van der Waals surface area contributed by atoms with Gasteiger partial charge in [0, 0.05) is 19.0 Å². The third-order valence-electron chi connectivity index (χ3n) is 4.30. The van der Waals surface area contributed by atoms with E-state index in [1.54, 1.807) is 0 Å². The number of fused-ring (bicyclic) bond motifs is 3. The molecule has 2 heterocycles. The Kier molecular flexibility index (Phi) is 3.79. The van der Waals surface area contributed by atoms with Crippen LogP contribution in [0.3, 0.4) is 0 Å². The maximum absolute atomic E-state index is 6.03. The predicted octanol–water partition coefficient (Wildman–Crippen LogP) is 3.36. The van der Waals surface area contributed by atoms with E-state index in [1.807, 2.05) is 0 Å². The summed E-state index contributed by atoms with van der Waals surface area (Å²) in [6, 6.07) is 17.3. The zero-order valence-corrected chi connectivity index (χ0v) is 12.0. The molecule has 2 nitrogen and oxygen atoms in total. The van der Waals surface area contributed by atoms with E-state index < -0.39 is 0 Å². The maximum atomic E-state index is 6.03. The van der Waals surface area contributed by atoms with Crippen molar-refractivity contribution in [1.29, 1.82) is 0 Å². The Morgan fingerprint density at radius 2 is 1.80 bits per heavy atom. The topological polar surface area (TPSA) is 21.3 Å². The first-order valence-corrected chi connectivity index (χ1v) is 6.93. The standard InChI is InChI=1S/C17H17NO.ClH/c1-2-5-12(6-3-1)13-7-4-8-14-15-9-18-10-17(15)19-11-16(13)14;/h1-8,15,17-18H,9-11H2;1H/t15-,17-;/m0./s1. The summed E-state index contributed by atoms with van der Waals surface area (Å²) in [7, 11) is 0. The van der Waals surface area contributed by atoms with Crippen LogP contribution in [0.25, 0.3) is 11.1 Å². The fourth-order valence-corrected chi connectivity index (χ4v) is 3.33. The minimum atomic E-state index is 0. The van der Waals surface area contributed by atoms with Gasteiger partial charge in [-0.3, -0.25) is 0 Å². The van der Waals surface area contributed by atoms with Crippen LogP contribution >= 0.6 is 12.4 Å². The molecule has 0 bridgehead atoms. The first kappa shape index (κ1) is 13.6. The van der Waals surface area contributed by atoms with E-state index in [2.05, 4.69) is 53.8 Å². The van der Waals surface area contributed by atoms with E-state index in [0.29, 0.717) is 12.0 Å². The summed E-state index contributed by atoms with van der Waals surface area (Å²) in [4.78, 5) is 0. The van der Waals surface area contributed by atoms with E-state index in [0.717, 1.165) is 19.7 Å². The molecule has 2 atom stereocenters. The van der Waals surface area contributed by atoms with Crippen molar-refractivity contribution in [1.82, 2.24) is 5.32 Å². The van der Waals surface area contributed by atoms with Gasteiger partial charge >= 0.3 is 0 Å². The van der Waals surface area contributed by atoms with Gasteiger partial charge in [-0.15, -0.1) is 12.4 Å². The van der Waals surface area contributed by atoms with E-state index in [4.69, 9.17) is 4.74 Å². The van der Waals surface area contributed by atoms with Gasteiger partial charge in [0.25, 0.3) is 0 Å². The van der Waals surface area contributed by atoms with Gasteiger partial charge in [-0.1, -0.05) is 48.5 Å². The molecule has 0 aromatic heterocycles. The molecule has 0 saturated carbocycles. The first-order chi connectivity index (χ1) is 9.43. The van der Waals surface area contributed by atoms with Crippen LogP contribution in [0.2, 0.25) is 0 Å². The van der Waals surface area contributed by atoms with Crippen molar-refractivity contribution >= 4 is 12.4 Å². The summed E-state index contributed by atoms with van der Waals surface area (Å²) in [5.74, 6) is 0.521. The van der Waals surface area contributed by atoms with Crippen LogP contribution in [-0.4, -0.2) is 19.2 Å². The Labute approximate surface area is 125 Å². The molecule has 0 aliphatic carbocycles. The molecule has 0 radical (unpaired) electrons. The number of hydrogen-bond acceptors (Lipinski definition) is 2. The zero-order valence-electron chi connectivity index (χ0n) is 11.2. The molecule has 1 saturated heterocycles. The van der Waals surface area contributed by atoms with E-state index in [9.17, 15) is 0 Å². The molecule has 20 heavy (non-hydrogen) atoms. The Morgan fingerprint density at radius 1 is 0.950 bits per heavy atom. The summed E-state index contributed by atoms with van der Waals surface area (Å²) in [6.07, 6.45) is 0.360. The number of hydrogen-bond donors (Lipinski definition) is 1. The second kappa shape index (κ2) is 5.57. The van der Waals surface area contributed by atoms with Crippen LogP contribution in [0.15, 0.2) is 48.5 Å². The Balaban J connectivity index is 0.00000121. The van der Waals surface area contributed by atoms with Crippen molar-refractivity contribution in [3.8, 4) is 11.1 Å². The summed E-state index contributed by atoms with van der Waals surface area (Å²) in [5.41, 5.74) is 5.46. The minimum Gasteiger partial charge on any atom is -0.371 e. The fourth-order valence-electron chi connectivity index (χ4n) is 3.33. The van der Waals surface area contributed by atoms with E-state index in [-0.39, 0.29) is 12.4 Å². The van der Waals surface area contributed by atoms with Crippen LogP contribution in [0.1, 0.15) is 17.0 Å². The highest BCUT2D eigenvalue weighted by atomic mass is 35.5. The SMILES string of the molecule is Cl.c1ccc(-c2cccc3c2CO[C@H]2CNC[C@@H]32)cc1. The summed E-state index contributed by atoms with van der Waals surface area (Å²) < 4.78 is 6.03. The van der Waals surface area contributed by atoms with Crippen LogP contribution < -0.4 is 5.32 Å². The molecule has 0 unspecified atom stereocenters. The van der Waals surface area contributed by atoms with Crippen molar-refractivity contribution in [3.05, 3.63) is 59.7 Å². The lowest BCUT2D eigenvalue weighted by Gasteiger charge is -2.29. The van der Waals surface area contributed by atoms with Gasteiger partial charge in [0.15, 0.2) is 0 Å². The molecule has 104 valence electrons. The van der Waals surface area contributed by atoms with Crippen molar-refractivity contribution in [3.63, 3.8) is 0 Å². The number of benzene rings is 2. The van der Waals surface area contributed by atoms with Crippen molar-refractivity contribution in [2.24, 2.45) is 0 Å². The summed E-state index contributed by atoms with van der Waals surface area (Å²) in [6.45, 7) is 2.76. The Hall–Kier alpha value is -1.35. The molecule has 4 rings (SSSR count). The molecule has 2 aliphatic rings. The molecule has 1 fully saturated rings. The number of ether oxygens (including phenoxy) is 1. The van der Waals surface area contributed by atoms with Crippen LogP contribution in [0.4, 0.5) is 0 Å². The van der Waals surface area contributed by atoms with Crippen molar-refractivity contribution in [2.75, 3.05) is 13.1 Å². The lowest BCUT2D eigenvalue weighted by atomic mass is 9.85. The smallest absolute Gasteiger partial charge is 0.0784 e. The third kappa shape index (κ3) is 2.14. The Bertz CT molecular complexity index is 599. The number of halogens is 1. The predicted molar refractivity (Wildman–Crippen MR) is 83.3 cm³/mol.